The molecular weight excluding hydrogens is 228 g/mol. The fourth-order valence-electron chi connectivity index (χ4n) is 4.78. The molecule has 3 nitrogen and oxygen atoms in total. The number of allylic oxidation sites excluding steroid dienone is 1. The van der Waals surface area contributed by atoms with Gasteiger partial charge < -0.3 is 14.9 Å². The third kappa shape index (κ3) is 1.47. The lowest BCUT2D eigenvalue weighted by molar-refractivity contribution is -0.167. The van der Waals surface area contributed by atoms with Crippen LogP contribution in [0, 0.1) is 17.8 Å². The first-order chi connectivity index (χ1) is 8.52. The normalized spacial score (nSPS) is 55.1. The Morgan fingerprint density at radius 3 is 2.94 bits per heavy atom. The highest BCUT2D eigenvalue weighted by Gasteiger charge is 2.68. The Morgan fingerprint density at radius 1 is 1.44 bits per heavy atom. The minimum Gasteiger partial charge on any atom is -0.393 e. The fraction of sp³-hybridized carbons (Fsp3) is 0.867. The zero-order chi connectivity index (χ0) is 13.0. The lowest BCUT2D eigenvalue weighted by atomic mass is 9.66. The maximum atomic E-state index is 11.0. The zero-order valence-electron chi connectivity index (χ0n) is 11.1. The molecule has 0 radical (unpaired) electrons. The van der Waals surface area contributed by atoms with E-state index in [9.17, 15) is 10.2 Å². The van der Waals surface area contributed by atoms with E-state index < -0.39 is 5.60 Å². The monoisotopic (exact) mass is 252 g/mol. The van der Waals surface area contributed by atoms with Gasteiger partial charge in [0.2, 0.25) is 0 Å². The van der Waals surface area contributed by atoms with Crippen LogP contribution >= 0.6 is 0 Å². The molecule has 1 aliphatic heterocycles. The summed E-state index contributed by atoms with van der Waals surface area (Å²) >= 11 is 0. The minimum absolute atomic E-state index is 0.216. The highest BCUT2D eigenvalue weighted by atomic mass is 16.5. The minimum atomic E-state index is -0.667. The summed E-state index contributed by atoms with van der Waals surface area (Å²) < 4.78 is 6.07. The summed E-state index contributed by atoms with van der Waals surface area (Å²) in [7, 11) is 0. The van der Waals surface area contributed by atoms with Crippen molar-refractivity contribution in [1.29, 1.82) is 0 Å². The third-order valence-electron chi connectivity index (χ3n) is 5.68. The van der Waals surface area contributed by atoms with Crippen molar-refractivity contribution in [2.75, 3.05) is 6.61 Å². The predicted octanol–water partition coefficient (Wildman–Crippen LogP) is 1.88. The van der Waals surface area contributed by atoms with Crippen molar-refractivity contribution in [2.24, 2.45) is 17.8 Å². The van der Waals surface area contributed by atoms with Gasteiger partial charge in [-0.2, -0.15) is 0 Å². The zero-order valence-corrected chi connectivity index (χ0v) is 11.1. The molecule has 1 heterocycles. The highest BCUT2D eigenvalue weighted by molar-refractivity contribution is 5.19. The van der Waals surface area contributed by atoms with Gasteiger partial charge in [0.25, 0.3) is 0 Å². The first-order valence-corrected chi connectivity index (χ1v) is 7.18. The Morgan fingerprint density at radius 2 is 2.22 bits per heavy atom. The number of aliphatic hydroxyl groups is 2. The molecule has 1 spiro atoms. The summed E-state index contributed by atoms with van der Waals surface area (Å²) in [5.41, 5.74) is -1.06. The Bertz CT molecular complexity index is 356. The molecule has 102 valence electrons. The molecule has 0 bridgehead atoms. The average Bonchev–Trinajstić information content (AvgIpc) is 2.71. The van der Waals surface area contributed by atoms with Crippen LogP contribution < -0.4 is 0 Å². The van der Waals surface area contributed by atoms with Crippen molar-refractivity contribution >= 4 is 0 Å². The second-order valence-corrected chi connectivity index (χ2v) is 6.60. The lowest BCUT2D eigenvalue weighted by Crippen LogP contribution is -2.56. The number of rotatable bonds is 2. The van der Waals surface area contributed by atoms with E-state index in [1.54, 1.807) is 0 Å². The van der Waals surface area contributed by atoms with Gasteiger partial charge in [-0.05, 0) is 43.4 Å². The van der Waals surface area contributed by atoms with E-state index in [1.807, 2.05) is 6.08 Å². The molecule has 2 aliphatic carbocycles. The lowest BCUT2D eigenvalue weighted by Gasteiger charge is -2.47. The number of ether oxygens (including phenoxy) is 1. The topological polar surface area (TPSA) is 49.7 Å². The van der Waals surface area contributed by atoms with E-state index in [0.29, 0.717) is 12.5 Å². The van der Waals surface area contributed by atoms with E-state index in [4.69, 9.17) is 4.74 Å². The Hall–Kier alpha value is -0.380. The summed E-state index contributed by atoms with van der Waals surface area (Å²) in [4.78, 5) is 0. The Balaban J connectivity index is 1.96. The van der Waals surface area contributed by atoms with E-state index in [1.165, 1.54) is 0 Å². The van der Waals surface area contributed by atoms with Gasteiger partial charge in [0.1, 0.15) is 5.60 Å². The molecule has 2 N–H and O–H groups in total. The van der Waals surface area contributed by atoms with Crippen LogP contribution in [0.3, 0.4) is 0 Å². The summed E-state index contributed by atoms with van der Waals surface area (Å²) in [5, 5.41) is 21.1. The molecule has 3 aliphatic rings. The molecule has 0 aromatic carbocycles. The SMILES string of the molecule is C=CC[C@@H]1C[C@]2(O)CCO[C@@]23C[C@@H](C)[C@H](O)C[C@H]13. The van der Waals surface area contributed by atoms with Crippen molar-refractivity contribution in [2.45, 2.75) is 56.3 Å². The average molecular weight is 252 g/mol. The molecule has 3 rings (SSSR count). The van der Waals surface area contributed by atoms with E-state index >= 15 is 0 Å². The van der Waals surface area contributed by atoms with Crippen molar-refractivity contribution in [3.05, 3.63) is 12.7 Å². The van der Waals surface area contributed by atoms with Crippen molar-refractivity contribution < 1.29 is 14.9 Å². The summed E-state index contributed by atoms with van der Waals surface area (Å²) in [6.07, 6.45) is 5.72. The molecule has 6 atom stereocenters. The van der Waals surface area contributed by atoms with Gasteiger partial charge in [-0.25, -0.2) is 0 Å². The van der Waals surface area contributed by atoms with Crippen LogP contribution in [0.25, 0.3) is 0 Å². The van der Waals surface area contributed by atoms with Gasteiger partial charge in [-0.1, -0.05) is 13.0 Å². The Labute approximate surface area is 109 Å². The fourth-order valence-corrected chi connectivity index (χ4v) is 4.78. The second kappa shape index (κ2) is 4.06. The molecule has 1 saturated heterocycles. The van der Waals surface area contributed by atoms with E-state index in [0.717, 1.165) is 32.1 Å². The van der Waals surface area contributed by atoms with Crippen LogP contribution in [0.5, 0.6) is 0 Å². The molecule has 0 aromatic rings. The van der Waals surface area contributed by atoms with Crippen molar-refractivity contribution in [3.8, 4) is 0 Å². The molecule has 18 heavy (non-hydrogen) atoms. The number of aliphatic hydroxyl groups excluding tert-OH is 1. The van der Waals surface area contributed by atoms with Crippen LogP contribution in [0.1, 0.15) is 39.0 Å². The predicted molar refractivity (Wildman–Crippen MR) is 69.1 cm³/mol. The van der Waals surface area contributed by atoms with Gasteiger partial charge in [-0.3, -0.25) is 0 Å². The first kappa shape index (κ1) is 12.6. The maximum absolute atomic E-state index is 11.0. The Kier molecular flexibility index (Phi) is 2.85. The van der Waals surface area contributed by atoms with Crippen molar-refractivity contribution in [1.82, 2.24) is 0 Å². The van der Waals surface area contributed by atoms with Gasteiger partial charge in [-0.15, -0.1) is 6.58 Å². The van der Waals surface area contributed by atoms with Crippen molar-refractivity contribution in [3.63, 3.8) is 0 Å². The number of hydrogen-bond acceptors (Lipinski definition) is 3. The van der Waals surface area contributed by atoms with Crippen LogP contribution in [0.4, 0.5) is 0 Å². The molecule has 3 heteroatoms. The molecule has 0 aromatic heterocycles. The quantitative estimate of drug-likeness (QED) is 0.738. The van der Waals surface area contributed by atoms with Gasteiger partial charge in [0, 0.05) is 6.42 Å². The summed E-state index contributed by atoms with van der Waals surface area (Å²) in [6.45, 7) is 6.56. The summed E-state index contributed by atoms with van der Waals surface area (Å²) in [6, 6.07) is 0. The smallest absolute Gasteiger partial charge is 0.100 e. The molecule has 0 unspecified atom stereocenters. The third-order valence-corrected chi connectivity index (χ3v) is 5.68. The molecule has 2 saturated carbocycles. The molecule has 3 fully saturated rings. The van der Waals surface area contributed by atoms with E-state index in [2.05, 4.69) is 13.5 Å². The van der Waals surface area contributed by atoms with Gasteiger partial charge in [0.15, 0.2) is 0 Å². The number of hydrogen-bond donors (Lipinski definition) is 2. The second-order valence-electron chi connectivity index (χ2n) is 6.60. The maximum Gasteiger partial charge on any atom is 0.100 e. The largest absolute Gasteiger partial charge is 0.393 e. The first-order valence-electron chi connectivity index (χ1n) is 7.18. The highest BCUT2D eigenvalue weighted by Crippen LogP contribution is 2.61. The molecular formula is C15H24O3. The van der Waals surface area contributed by atoms with Crippen LogP contribution in [-0.2, 0) is 4.74 Å². The van der Waals surface area contributed by atoms with Crippen LogP contribution in [0.2, 0.25) is 0 Å². The van der Waals surface area contributed by atoms with Gasteiger partial charge >= 0.3 is 0 Å². The van der Waals surface area contributed by atoms with Gasteiger partial charge in [0.05, 0.1) is 18.3 Å². The molecule has 0 amide bonds. The van der Waals surface area contributed by atoms with Crippen LogP contribution in [0.15, 0.2) is 12.7 Å². The summed E-state index contributed by atoms with van der Waals surface area (Å²) in [5.74, 6) is 0.914. The van der Waals surface area contributed by atoms with E-state index in [-0.39, 0.29) is 23.5 Å². The van der Waals surface area contributed by atoms with Crippen LogP contribution in [-0.4, -0.2) is 34.1 Å². The standard InChI is InChI=1S/C15H24O3/c1-3-4-11-9-14(17)5-6-18-15(14)8-10(2)13(16)7-12(11)15/h3,10-13,16-17H,1,4-9H2,2H3/t10-,11-,12-,13-,14-,15-/m1/s1.